The van der Waals surface area contributed by atoms with Gasteiger partial charge in [-0.2, -0.15) is 5.26 Å². The van der Waals surface area contributed by atoms with E-state index in [-0.39, 0.29) is 0 Å². The van der Waals surface area contributed by atoms with Gasteiger partial charge in [0, 0.05) is 17.4 Å². The third-order valence-corrected chi connectivity index (χ3v) is 7.13. The zero-order chi connectivity index (χ0) is 22.8. The van der Waals surface area contributed by atoms with Crippen molar-refractivity contribution in [2.75, 3.05) is 19.5 Å². The van der Waals surface area contributed by atoms with Crippen molar-refractivity contribution < 1.29 is 19.7 Å². The minimum Gasteiger partial charge on any atom is -0.394 e. The van der Waals surface area contributed by atoms with Gasteiger partial charge in [0.05, 0.1) is 23.4 Å². The first-order valence-corrected chi connectivity index (χ1v) is 11.6. The third-order valence-electron chi connectivity index (χ3n) is 5.01. The van der Waals surface area contributed by atoms with Crippen LogP contribution in [-0.2, 0) is 9.47 Å². The zero-order valence-corrected chi connectivity index (χ0v) is 19.1. The van der Waals surface area contributed by atoms with Crippen LogP contribution in [0.5, 0.6) is 0 Å². The molecule has 10 nitrogen and oxygen atoms in total. The van der Waals surface area contributed by atoms with Gasteiger partial charge in [0.25, 0.3) is 0 Å². The van der Waals surface area contributed by atoms with Gasteiger partial charge in [-0.3, -0.25) is 0 Å². The molecule has 0 spiro atoms. The Morgan fingerprint density at radius 3 is 2.88 bits per heavy atom. The van der Waals surface area contributed by atoms with Gasteiger partial charge in [-0.05, 0) is 18.2 Å². The predicted molar refractivity (Wildman–Crippen MR) is 119 cm³/mol. The summed E-state index contributed by atoms with van der Waals surface area (Å²) in [4.78, 5) is 4.95. The molecule has 168 valence electrons. The Bertz CT molecular complexity index is 1140. The van der Waals surface area contributed by atoms with Crippen LogP contribution in [0.2, 0.25) is 5.02 Å². The van der Waals surface area contributed by atoms with E-state index in [2.05, 4.69) is 15.3 Å². The van der Waals surface area contributed by atoms with Crippen LogP contribution in [0.1, 0.15) is 11.6 Å². The molecule has 0 aliphatic carbocycles. The Morgan fingerprint density at radius 2 is 2.25 bits per heavy atom. The topological polar surface area (TPSA) is 152 Å². The molecule has 1 aliphatic heterocycles. The van der Waals surface area contributed by atoms with Gasteiger partial charge in [0.15, 0.2) is 5.13 Å². The van der Waals surface area contributed by atoms with Crippen molar-refractivity contribution in [2.45, 2.75) is 34.7 Å². The highest BCUT2D eigenvalue weighted by Crippen LogP contribution is 2.40. The van der Waals surface area contributed by atoms with E-state index in [1.807, 2.05) is 6.07 Å². The molecule has 1 fully saturated rings. The Morgan fingerprint density at radius 1 is 1.44 bits per heavy atom. The molecule has 4 N–H and O–H groups in total. The second kappa shape index (κ2) is 9.72. The molecule has 0 radical (unpaired) electrons. The molecule has 0 bridgehead atoms. The van der Waals surface area contributed by atoms with Crippen LogP contribution < -0.4 is 5.73 Å². The molecular weight excluding hydrogens is 476 g/mol. The number of benzene rings is 1. The first-order chi connectivity index (χ1) is 15.4. The quantitative estimate of drug-likeness (QED) is 0.463. The number of thioether (sulfide) groups is 1. The van der Waals surface area contributed by atoms with Crippen molar-refractivity contribution in [1.82, 2.24) is 20.0 Å². The van der Waals surface area contributed by atoms with Crippen molar-refractivity contribution in [3.63, 3.8) is 0 Å². The fourth-order valence-corrected chi connectivity index (χ4v) is 5.50. The first kappa shape index (κ1) is 22.9. The van der Waals surface area contributed by atoms with E-state index in [9.17, 15) is 10.2 Å². The molecule has 5 atom stereocenters. The first-order valence-electron chi connectivity index (χ1n) is 9.41. The van der Waals surface area contributed by atoms with E-state index in [4.69, 9.17) is 32.1 Å². The molecule has 0 amide bonds. The summed E-state index contributed by atoms with van der Waals surface area (Å²) in [5.41, 5.74) is 6.53. The summed E-state index contributed by atoms with van der Waals surface area (Å²) in [7, 11) is 1.51. The van der Waals surface area contributed by atoms with Crippen molar-refractivity contribution >= 4 is 39.8 Å². The molecule has 32 heavy (non-hydrogen) atoms. The minimum absolute atomic E-state index is 0.320. The average Bonchev–Trinajstić information content (AvgIpc) is 3.43. The van der Waals surface area contributed by atoms with E-state index in [0.717, 1.165) is 4.90 Å². The number of thiazole rings is 1. The summed E-state index contributed by atoms with van der Waals surface area (Å²) in [5, 5.41) is 40.6. The van der Waals surface area contributed by atoms with Crippen LogP contribution in [0.3, 0.4) is 0 Å². The highest BCUT2D eigenvalue weighted by Gasteiger charge is 2.47. The summed E-state index contributed by atoms with van der Waals surface area (Å²) < 4.78 is 13.1. The molecule has 2 aromatic heterocycles. The van der Waals surface area contributed by atoms with Crippen LogP contribution in [0.15, 0.2) is 34.7 Å². The summed E-state index contributed by atoms with van der Waals surface area (Å²) in [6, 6.07) is 6.35. The SMILES string of the molecule is COC1C(n2cc(-c3csc(N)n3)nn2)[C@@H](O)C(CO)O[C@@H]1Sc1ccc(C#N)c(Cl)c1. The van der Waals surface area contributed by atoms with Gasteiger partial charge in [0.2, 0.25) is 0 Å². The van der Waals surface area contributed by atoms with E-state index in [1.165, 1.54) is 34.9 Å². The summed E-state index contributed by atoms with van der Waals surface area (Å²) in [6.45, 7) is -0.399. The van der Waals surface area contributed by atoms with Gasteiger partial charge < -0.3 is 25.4 Å². The summed E-state index contributed by atoms with van der Waals surface area (Å²) in [6.07, 6.45) is -0.988. The Hall–Kier alpha value is -2.24. The van der Waals surface area contributed by atoms with Gasteiger partial charge in [-0.15, -0.1) is 16.4 Å². The van der Waals surface area contributed by atoms with Crippen molar-refractivity contribution in [2.24, 2.45) is 0 Å². The molecule has 0 saturated carbocycles. The normalized spacial score (nSPS) is 25.5. The lowest BCUT2D eigenvalue weighted by Crippen LogP contribution is -2.55. The molecule has 1 aliphatic rings. The number of nitriles is 1. The van der Waals surface area contributed by atoms with Crippen LogP contribution in [0, 0.1) is 11.3 Å². The van der Waals surface area contributed by atoms with Crippen LogP contribution in [0.25, 0.3) is 11.4 Å². The predicted octanol–water partition coefficient (Wildman–Crippen LogP) is 1.94. The minimum atomic E-state index is -1.11. The lowest BCUT2D eigenvalue weighted by Gasteiger charge is -2.43. The fourth-order valence-electron chi connectivity index (χ4n) is 3.45. The highest BCUT2D eigenvalue weighted by atomic mass is 35.5. The number of anilines is 1. The summed E-state index contributed by atoms with van der Waals surface area (Å²) >= 11 is 8.75. The van der Waals surface area contributed by atoms with E-state index >= 15 is 0 Å². The van der Waals surface area contributed by atoms with E-state index in [0.29, 0.717) is 27.1 Å². The maximum Gasteiger partial charge on any atom is 0.180 e. The Balaban J connectivity index is 1.64. The van der Waals surface area contributed by atoms with Gasteiger partial charge in [-0.1, -0.05) is 28.6 Å². The number of nitrogens with two attached hydrogens (primary N) is 1. The maximum atomic E-state index is 10.9. The standard InChI is InChI=1S/C19H19ClN6O4S2/c1-29-17-15(26-6-12(24-25-26)13-8-31-19(22)23-13)16(28)14(7-27)30-18(17)32-10-3-2-9(5-21)11(20)4-10/h2-4,6,8,14-18,27-28H,7H2,1H3,(H2,22,23)/t14?,15?,16-,17?,18+/m0/s1. The van der Waals surface area contributed by atoms with Crippen LogP contribution >= 0.6 is 34.7 Å². The van der Waals surface area contributed by atoms with Gasteiger partial charge in [-0.25, -0.2) is 9.67 Å². The molecule has 1 aromatic carbocycles. The smallest absolute Gasteiger partial charge is 0.180 e. The second-order valence-corrected chi connectivity index (χ2v) is 9.40. The number of aliphatic hydroxyl groups excluding tert-OH is 2. The summed E-state index contributed by atoms with van der Waals surface area (Å²) in [5.74, 6) is 0. The number of nitrogens with zero attached hydrogens (tertiary/aromatic N) is 5. The number of rotatable bonds is 6. The number of halogens is 1. The number of nitrogen functional groups attached to an aromatic ring is 1. The van der Waals surface area contributed by atoms with Crippen LogP contribution in [0.4, 0.5) is 5.13 Å². The largest absolute Gasteiger partial charge is 0.394 e. The molecule has 3 unspecified atom stereocenters. The maximum absolute atomic E-state index is 10.9. The molecule has 4 rings (SSSR count). The highest BCUT2D eigenvalue weighted by molar-refractivity contribution is 7.99. The lowest BCUT2D eigenvalue weighted by atomic mass is 9.97. The molecule has 3 heterocycles. The number of aliphatic hydroxyl groups is 2. The number of methoxy groups -OCH3 is 1. The molecule has 1 saturated heterocycles. The van der Waals surface area contributed by atoms with Crippen molar-refractivity contribution in [3.8, 4) is 17.5 Å². The molecule has 13 heteroatoms. The number of hydrogen-bond acceptors (Lipinski definition) is 11. The van der Waals surface area contributed by atoms with Crippen LogP contribution in [-0.4, -0.2) is 67.7 Å². The third kappa shape index (κ3) is 4.46. The molecule has 3 aromatic rings. The van der Waals surface area contributed by atoms with Crippen molar-refractivity contribution in [1.29, 1.82) is 5.26 Å². The zero-order valence-electron chi connectivity index (χ0n) is 16.7. The van der Waals surface area contributed by atoms with Gasteiger partial charge in [0.1, 0.15) is 47.2 Å². The van der Waals surface area contributed by atoms with E-state index in [1.54, 1.807) is 29.8 Å². The Kier molecular flexibility index (Phi) is 6.96. The fraction of sp³-hybridized carbons (Fsp3) is 0.368. The van der Waals surface area contributed by atoms with E-state index < -0.39 is 36.4 Å². The van der Waals surface area contributed by atoms with Crippen molar-refractivity contribution in [3.05, 3.63) is 40.4 Å². The number of aromatic nitrogens is 4. The number of hydrogen-bond donors (Lipinski definition) is 3. The van der Waals surface area contributed by atoms with Gasteiger partial charge >= 0.3 is 0 Å². The average molecular weight is 495 g/mol. The number of ether oxygens (including phenoxy) is 2. The monoisotopic (exact) mass is 494 g/mol. The second-order valence-electron chi connectivity index (χ2n) is 6.93. The lowest BCUT2D eigenvalue weighted by molar-refractivity contribution is -0.186. The Labute approximate surface area is 196 Å². The molecular formula is C19H19ClN6O4S2.